The number of hydrogen-bond acceptors (Lipinski definition) is 2. The minimum atomic E-state index is -6.00. The maximum Gasteiger partial charge on any atom is 0.673 e. The number of benzene rings is 2. The fourth-order valence-electron chi connectivity index (χ4n) is 3.35. The summed E-state index contributed by atoms with van der Waals surface area (Å²) in [5, 5.41) is 1.25. The molecule has 0 saturated carbocycles. The lowest BCUT2D eigenvalue weighted by molar-refractivity contribution is 0.267. The molecule has 0 radical (unpaired) electrons. The molecule has 1 saturated heterocycles. The van der Waals surface area contributed by atoms with E-state index in [0.29, 0.717) is 0 Å². The quantitative estimate of drug-likeness (QED) is 0.340. The predicted octanol–water partition coefficient (Wildman–Crippen LogP) is 4.38. The number of rotatable bonds is 1. The van der Waals surface area contributed by atoms with Gasteiger partial charge in [0.1, 0.15) is 11.5 Å². The van der Waals surface area contributed by atoms with Gasteiger partial charge in [-0.1, -0.05) is 30.3 Å². The molecule has 29 heavy (non-hydrogen) atoms. The Bertz CT molecular complexity index is 986. The van der Waals surface area contributed by atoms with Gasteiger partial charge in [-0.2, -0.15) is 0 Å². The first-order valence-corrected chi connectivity index (χ1v) is 9.44. The van der Waals surface area contributed by atoms with E-state index in [4.69, 9.17) is 4.42 Å². The van der Waals surface area contributed by atoms with Crippen LogP contribution in [-0.4, -0.2) is 45.4 Å². The third kappa shape index (κ3) is 5.93. The van der Waals surface area contributed by atoms with Crippen LogP contribution in [-0.2, 0) is 0 Å². The Morgan fingerprint density at radius 1 is 0.897 bits per heavy atom. The predicted molar refractivity (Wildman–Crippen MR) is 108 cm³/mol. The molecule has 3 aliphatic rings. The largest absolute Gasteiger partial charge is 0.673 e. The zero-order valence-corrected chi connectivity index (χ0v) is 16.4. The number of fused-ring (bicyclic) bond motifs is 1. The van der Waals surface area contributed by atoms with Crippen LogP contribution in [0.1, 0.15) is 5.56 Å². The second kappa shape index (κ2) is 8.82. The van der Waals surface area contributed by atoms with E-state index in [1.54, 1.807) is 0 Å². The van der Waals surface area contributed by atoms with E-state index in [1.807, 2.05) is 18.2 Å². The van der Waals surface area contributed by atoms with Gasteiger partial charge in [-0.15, -0.1) is 0 Å². The number of hydrogen-bond donors (Lipinski definition) is 0. The molecule has 1 aromatic carbocycles. The normalized spacial score (nSPS) is 15.2. The van der Waals surface area contributed by atoms with E-state index >= 15 is 0 Å². The van der Waals surface area contributed by atoms with Crippen LogP contribution >= 0.6 is 0 Å². The second-order valence-corrected chi connectivity index (χ2v) is 7.13. The molecule has 1 fully saturated rings. The Morgan fingerprint density at radius 2 is 1.52 bits per heavy atom. The van der Waals surface area contributed by atoms with Crippen molar-refractivity contribution >= 4 is 7.25 Å². The fraction of sp³-hybridized carbons (Fsp3) is 0.286. The van der Waals surface area contributed by atoms with Crippen LogP contribution in [0.3, 0.4) is 0 Å². The molecule has 0 aromatic heterocycles. The Morgan fingerprint density at radius 3 is 2.14 bits per heavy atom. The molecular formula is C21H23BF4N2O. The fourth-order valence-corrected chi connectivity index (χ4v) is 3.35. The summed E-state index contributed by atoms with van der Waals surface area (Å²) in [6.07, 6.45) is 0. The summed E-state index contributed by atoms with van der Waals surface area (Å²) in [4.78, 5) is 2.37. The Balaban J connectivity index is 0.000000431. The second-order valence-electron chi connectivity index (χ2n) is 7.13. The molecule has 4 rings (SSSR count). The molecule has 3 nitrogen and oxygen atoms in total. The van der Waals surface area contributed by atoms with Crippen molar-refractivity contribution in [2.24, 2.45) is 0 Å². The van der Waals surface area contributed by atoms with Crippen LogP contribution < -0.4 is 9.93 Å². The summed E-state index contributed by atoms with van der Waals surface area (Å²) >= 11 is 0. The van der Waals surface area contributed by atoms with E-state index < -0.39 is 7.25 Å². The topological polar surface area (TPSA) is 19.4 Å². The number of nitrogens with zero attached hydrogens (tertiary/aromatic N) is 2. The van der Waals surface area contributed by atoms with Crippen molar-refractivity contribution in [1.82, 2.24) is 9.48 Å². The zero-order valence-electron chi connectivity index (χ0n) is 16.4. The lowest BCUT2D eigenvalue weighted by atomic mass is 10.0. The maximum absolute atomic E-state index is 9.75. The SMILES string of the molecule is Cc1cc(-c2ccccc2)oc2cc(=[N+]3CCN(C)CC3)ccc1-2.F[B-](F)(F)F. The van der Waals surface area contributed by atoms with Gasteiger partial charge in [0.15, 0.2) is 13.1 Å². The first kappa shape index (κ1) is 21.1. The van der Waals surface area contributed by atoms with Crippen LogP contribution in [0.25, 0.3) is 22.6 Å². The molecule has 154 valence electrons. The van der Waals surface area contributed by atoms with Gasteiger partial charge in [0.2, 0.25) is 5.36 Å². The molecule has 0 spiro atoms. The van der Waals surface area contributed by atoms with E-state index in [-0.39, 0.29) is 0 Å². The standard InChI is InChI=1S/C21H23N2O.BF4/c1-16-14-20(17-6-4-3-5-7-17)24-21-15-18(8-9-19(16)21)23-12-10-22(2)11-13-23;2-1(3,4)5/h3-9,14-15H,10-13H2,1-2H3;/q+1;-1. The molecule has 0 amide bonds. The Kier molecular flexibility index (Phi) is 6.42. The van der Waals surface area contributed by atoms with E-state index in [2.05, 4.69) is 59.8 Å². The average Bonchev–Trinajstić information content (AvgIpc) is 2.67. The van der Waals surface area contributed by atoms with Gasteiger partial charge in [-0.25, -0.2) is 4.58 Å². The van der Waals surface area contributed by atoms with Gasteiger partial charge < -0.3 is 21.7 Å². The Labute approximate surface area is 167 Å². The molecule has 0 bridgehead atoms. The Hall–Kier alpha value is -2.61. The van der Waals surface area contributed by atoms with E-state index in [0.717, 1.165) is 43.3 Å². The van der Waals surface area contributed by atoms with Crippen LogP contribution in [0.4, 0.5) is 17.3 Å². The van der Waals surface area contributed by atoms with Gasteiger partial charge in [0, 0.05) is 17.2 Å². The number of aryl methyl sites for hydroxylation is 1. The smallest absolute Gasteiger partial charge is 0.456 e. The van der Waals surface area contributed by atoms with Crippen molar-refractivity contribution in [3.05, 3.63) is 65.5 Å². The highest BCUT2D eigenvalue weighted by atomic mass is 19.5. The summed E-state index contributed by atoms with van der Waals surface area (Å²) in [6, 6.07) is 19.0. The van der Waals surface area contributed by atoms with Crippen molar-refractivity contribution in [2.45, 2.75) is 6.92 Å². The average molecular weight is 406 g/mol. The lowest BCUT2D eigenvalue weighted by Gasteiger charge is -2.20. The molecule has 8 heteroatoms. The van der Waals surface area contributed by atoms with Crippen LogP contribution in [0.5, 0.6) is 0 Å². The monoisotopic (exact) mass is 406 g/mol. The summed E-state index contributed by atoms with van der Waals surface area (Å²) < 4.78 is 47.7. The van der Waals surface area contributed by atoms with E-state index in [1.165, 1.54) is 16.5 Å². The molecular weight excluding hydrogens is 383 g/mol. The maximum atomic E-state index is 9.75. The molecule has 2 heterocycles. The highest BCUT2D eigenvalue weighted by Gasteiger charge is 2.20. The van der Waals surface area contributed by atoms with Gasteiger partial charge in [0.05, 0.1) is 19.2 Å². The molecule has 1 aromatic rings. The van der Waals surface area contributed by atoms with Gasteiger partial charge in [-0.05, 0) is 31.7 Å². The lowest BCUT2D eigenvalue weighted by Crippen LogP contribution is -2.46. The third-order valence-corrected chi connectivity index (χ3v) is 4.88. The van der Waals surface area contributed by atoms with Crippen molar-refractivity contribution in [3.8, 4) is 22.6 Å². The number of piperazine rings is 1. The van der Waals surface area contributed by atoms with Crippen molar-refractivity contribution in [3.63, 3.8) is 0 Å². The minimum Gasteiger partial charge on any atom is -0.456 e. The summed E-state index contributed by atoms with van der Waals surface area (Å²) in [6.45, 7) is 6.51. The molecule has 1 aliphatic carbocycles. The molecule has 0 N–H and O–H groups in total. The van der Waals surface area contributed by atoms with E-state index in [9.17, 15) is 17.3 Å². The highest BCUT2D eigenvalue weighted by molar-refractivity contribution is 6.50. The van der Waals surface area contributed by atoms with Gasteiger partial charge in [-0.3, -0.25) is 4.90 Å². The molecule has 2 aliphatic heterocycles. The zero-order chi connectivity index (χ0) is 21.0. The highest BCUT2D eigenvalue weighted by Crippen LogP contribution is 2.30. The summed E-state index contributed by atoms with van der Waals surface area (Å²) in [5.74, 6) is 1.89. The first-order chi connectivity index (χ1) is 13.7. The molecule has 0 unspecified atom stereocenters. The summed E-state index contributed by atoms with van der Waals surface area (Å²) in [7, 11) is -3.82. The first-order valence-electron chi connectivity index (χ1n) is 9.44. The van der Waals surface area contributed by atoms with Crippen molar-refractivity contribution in [2.75, 3.05) is 33.2 Å². The molecule has 0 atom stereocenters. The minimum absolute atomic E-state index is 0.927. The van der Waals surface area contributed by atoms with Crippen LogP contribution in [0, 0.1) is 6.92 Å². The number of halogens is 4. The van der Waals surface area contributed by atoms with Crippen molar-refractivity contribution < 1.29 is 21.7 Å². The van der Waals surface area contributed by atoms with Crippen LogP contribution in [0.15, 0.2) is 59.0 Å². The number of likely N-dealkylation sites (N-methyl/N-ethyl adjacent to an activating group) is 1. The van der Waals surface area contributed by atoms with Crippen LogP contribution in [0.2, 0.25) is 0 Å². The van der Waals surface area contributed by atoms with Gasteiger partial charge >= 0.3 is 7.25 Å². The van der Waals surface area contributed by atoms with Gasteiger partial charge in [0.25, 0.3) is 0 Å². The summed E-state index contributed by atoms with van der Waals surface area (Å²) in [5.41, 5.74) is 3.56. The third-order valence-electron chi connectivity index (χ3n) is 4.88. The van der Waals surface area contributed by atoms with Crippen molar-refractivity contribution in [1.29, 1.82) is 0 Å².